The van der Waals surface area contributed by atoms with Crippen LogP contribution in [0.25, 0.3) is 0 Å². The molecule has 2 nitrogen and oxygen atoms in total. The molecule has 0 spiro atoms. The molecular weight excluding hydrogens is 152 g/mol. The highest BCUT2D eigenvalue weighted by Gasteiger charge is 2.57. The monoisotopic (exact) mass is 168 g/mol. The van der Waals surface area contributed by atoms with E-state index in [0.29, 0.717) is 12.3 Å². The van der Waals surface area contributed by atoms with Gasteiger partial charge in [-0.15, -0.1) is 0 Å². The number of hydrogen-bond donors (Lipinski definition) is 2. The summed E-state index contributed by atoms with van der Waals surface area (Å²) in [6, 6.07) is 0. The molecule has 0 bridgehead atoms. The van der Waals surface area contributed by atoms with E-state index in [9.17, 15) is 10.2 Å². The number of allylic oxidation sites excluding steroid dienone is 1. The zero-order valence-electron chi connectivity index (χ0n) is 7.83. The molecule has 0 heterocycles. The fourth-order valence-electron chi connectivity index (χ4n) is 2.26. The minimum Gasteiger partial charge on any atom is -0.390 e. The lowest BCUT2D eigenvalue weighted by Crippen LogP contribution is -2.39. The van der Waals surface area contributed by atoms with Crippen LogP contribution in [-0.4, -0.2) is 21.9 Å². The van der Waals surface area contributed by atoms with Crippen LogP contribution >= 0.6 is 0 Å². The Morgan fingerprint density at radius 2 is 2.00 bits per heavy atom. The van der Waals surface area contributed by atoms with Crippen molar-refractivity contribution < 1.29 is 10.2 Å². The van der Waals surface area contributed by atoms with E-state index in [1.54, 1.807) is 6.92 Å². The minimum absolute atomic E-state index is 0.224. The predicted molar refractivity (Wildman–Crippen MR) is 46.6 cm³/mol. The molecule has 0 amide bonds. The molecule has 0 unspecified atom stereocenters. The molecule has 2 N–H and O–H groups in total. The number of hydrogen-bond acceptors (Lipinski definition) is 2. The van der Waals surface area contributed by atoms with Gasteiger partial charge in [0, 0.05) is 0 Å². The Morgan fingerprint density at radius 1 is 1.42 bits per heavy atom. The highest BCUT2D eigenvalue weighted by molar-refractivity contribution is 5.41. The van der Waals surface area contributed by atoms with Crippen molar-refractivity contribution in [2.45, 2.75) is 38.9 Å². The average Bonchev–Trinajstić information content (AvgIpc) is 2.37. The van der Waals surface area contributed by atoms with E-state index in [2.05, 4.69) is 13.8 Å². The van der Waals surface area contributed by atoms with E-state index in [0.717, 1.165) is 0 Å². The van der Waals surface area contributed by atoms with Gasteiger partial charge in [0.2, 0.25) is 0 Å². The minimum atomic E-state index is -1.00. The van der Waals surface area contributed by atoms with Crippen LogP contribution in [0.15, 0.2) is 11.6 Å². The Bertz CT molecular complexity index is 251. The van der Waals surface area contributed by atoms with E-state index in [1.807, 2.05) is 6.08 Å². The molecule has 0 radical (unpaired) electrons. The van der Waals surface area contributed by atoms with Crippen LogP contribution < -0.4 is 0 Å². The molecule has 1 fully saturated rings. The van der Waals surface area contributed by atoms with Crippen molar-refractivity contribution in [3.63, 3.8) is 0 Å². The topological polar surface area (TPSA) is 40.5 Å². The highest BCUT2D eigenvalue weighted by Crippen LogP contribution is 2.63. The van der Waals surface area contributed by atoms with Gasteiger partial charge in [-0.25, -0.2) is 0 Å². The lowest BCUT2D eigenvalue weighted by Gasteiger charge is -2.28. The molecule has 1 saturated carbocycles. The molecule has 3 atom stereocenters. The molecular formula is C10H16O2. The van der Waals surface area contributed by atoms with Gasteiger partial charge >= 0.3 is 0 Å². The van der Waals surface area contributed by atoms with Crippen LogP contribution in [0.1, 0.15) is 27.2 Å². The van der Waals surface area contributed by atoms with Crippen molar-refractivity contribution in [1.29, 1.82) is 0 Å². The number of rotatable bonds is 0. The summed E-state index contributed by atoms with van der Waals surface area (Å²) >= 11 is 0. The molecule has 0 aromatic heterocycles. The van der Waals surface area contributed by atoms with Crippen LogP contribution in [0.5, 0.6) is 0 Å². The molecule has 12 heavy (non-hydrogen) atoms. The van der Waals surface area contributed by atoms with E-state index >= 15 is 0 Å². The fourth-order valence-corrected chi connectivity index (χ4v) is 2.26. The van der Waals surface area contributed by atoms with Gasteiger partial charge in [0.25, 0.3) is 0 Å². The van der Waals surface area contributed by atoms with E-state index in [1.165, 1.54) is 5.57 Å². The molecule has 0 aromatic rings. The standard InChI is InChI=1S/C10H16O2/c1-9(2)6-4-8(11)10(3,12)5-7(6)9/h5-6,8,11-12H,4H2,1-3H3/t6-,8-,10-/m0/s1. The largest absolute Gasteiger partial charge is 0.390 e. The van der Waals surface area contributed by atoms with Crippen molar-refractivity contribution in [2.75, 3.05) is 0 Å². The summed E-state index contributed by atoms with van der Waals surface area (Å²) in [5.41, 5.74) is 0.541. The number of fused-ring (bicyclic) bond motifs is 1. The predicted octanol–water partition coefficient (Wildman–Crippen LogP) is 1.08. The summed E-state index contributed by atoms with van der Waals surface area (Å²) < 4.78 is 0. The van der Waals surface area contributed by atoms with Crippen molar-refractivity contribution in [2.24, 2.45) is 11.3 Å². The van der Waals surface area contributed by atoms with Crippen LogP contribution in [0.3, 0.4) is 0 Å². The summed E-state index contributed by atoms with van der Waals surface area (Å²) in [6.45, 7) is 6.00. The number of aliphatic hydroxyl groups excluding tert-OH is 1. The van der Waals surface area contributed by atoms with Gasteiger partial charge in [-0.05, 0) is 24.7 Å². The first kappa shape index (κ1) is 8.27. The summed E-state index contributed by atoms with van der Waals surface area (Å²) in [6.07, 6.45) is 1.96. The van der Waals surface area contributed by atoms with Crippen molar-refractivity contribution in [1.82, 2.24) is 0 Å². The van der Waals surface area contributed by atoms with Crippen LogP contribution in [-0.2, 0) is 0 Å². The zero-order chi connectivity index (χ0) is 9.15. The molecule has 0 aliphatic heterocycles. The van der Waals surface area contributed by atoms with Crippen molar-refractivity contribution in [3.05, 3.63) is 11.6 Å². The van der Waals surface area contributed by atoms with Gasteiger partial charge in [-0.2, -0.15) is 0 Å². The second kappa shape index (κ2) is 1.94. The van der Waals surface area contributed by atoms with Gasteiger partial charge in [0.05, 0.1) is 6.10 Å². The summed E-state index contributed by atoms with van der Waals surface area (Å²) in [4.78, 5) is 0. The second-order valence-corrected chi connectivity index (χ2v) is 4.85. The SMILES string of the molecule is CC1(C)C2=C[C@](C)(O)[C@@H](O)C[C@@H]21. The summed E-state index contributed by atoms with van der Waals surface area (Å²) in [5.74, 6) is 0.507. The maximum absolute atomic E-state index is 9.75. The highest BCUT2D eigenvalue weighted by atomic mass is 16.3. The van der Waals surface area contributed by atoms with E-state index in [4.69, 9.17) is 0 Å². The quantitative estimate of drug-likeness (QED) is 0.531. The Balaban J connectivity index is 2.32. The van der Waals surface area contributed by atoms with Gasteiger partial charge in [0.1, 0.15) is 5.60 Å². The number of aliphatic hydroxyl groups is 2. The van der Waals surface area contributed by atoms with Gasteiger partial charge in [-0.1, -0.05) is 25.5 Å². The molecule has 2 aliphatic carbocycles. The second-order valence-electron chi connectivity index (χ2n) is 4.85. The smallest absolute Gasteiger partial charge is 0.106 e. The molecule has 2 rings (SSSR count). The van der Waals surface area contributed by atoms with Crippen LogP contribution in [0.2, 0.25) is 0 Å². The first-order valence-corrected chi connectivity index (χ1v) is 4.49. The third kappa shape index (κ3) is 0.882. The molecule has 0 saturated heterocycles. The van der Waals surface area contributed by atoms with Gasteiger partial charge < -0.3 is 10.2 Å². The zero-order valence-corrected chi connectivity index (χ0v) is 7.83. The lowest BCUT2D eigenvalue weighted by molar-refractivity contribution is -0.0370. The average molecular weight is 168 g/mol. The van der Waals surface area contributed by atoms with E-state index in [-0.39, 0.29) is 5.41 Å². The maximum atomic E-state index is 9.75. The first-order valence-electron chi connectivity index (χ1n) is 4.49. The molecule has 2 aliphatic rings. The summed E-state index contributed by atoms with van der Waals surface area (Å²) in [5, 5.41) is 19.3. The first-order chi connectivity index (χ1) is 5.36. The Kier molecular flexibility index (Phi) is 1.33. The third-order valence-corrected chi connectivity index (χ3v) is 3.49. The normalized spacial score (nSPS) is 49.6. The fraction of sp³-hybridized carbons (Fsp3) is 0.800. The Labute approximate surface area is 72.9 Å². The van der Waals surface area contributed by atoms with Gasteiger partial charge in [0.15, 0.2) is 0 Å². The Morgan fingerprint density at radius 3 is 2.50 bits per heavy atom. The lowest BCUT2D eigenvalue weighted by atomic mass is 9.90. The maximum Gasteiger partial charge on any atom is 0.106 e. The third-order valence-electron chi connectivity index (χ3n) is 3.49. The van der Waals surface area contributed by atoms with Crippen LogP contribution in [0.4, 0.5) is 0 Å². The van der Waals surface area contributed by atoms with Crippen LogP contribution in [0, 0.1) is 11.3 Å². The Hall–Kier alpha value is -0.340. The summed E-state index contributed by atoms with van der Waals surface area (Å²) in [7, 11) is 0. The van der Waals surface area contributed by atoms with Gasteiger partial charge in [-0.3, -0.25) is 0 Å². The molecule has 0 aromatic carbocycles. The molecule has 68 valence electrons. The van der Waals surface area contributed by atoms with E-state index < -0.39 is 11.7 Å². The van der Waals surface area contributed by atoms with Crippen molar-refractivity contribution >= 4 is 0 Å². The van der Waals surface area contributed by atoms with Crippen molar-refractivity contribution in [3.8, 4) is 0 Å². The molecule has 2 heteroatoms.